The molecule has 0 atom stereocenters. The smallest absolute Gasteiger partial charge is 0.173 e. The molecule has 1 aromatic heterocycles. The Hall–Kier alpha value is -1.63. The fraction of sp³-hybridized carbons (Fsp3) is 0.450. The maximum atomic E-state index is 5.70. The van der Waals surface area contributed by atoms with Crippen molar-refractivity contribution in [2.24, 2.45) is 0 Å². The van der Waals surface area contributed by atoms with E-state index >= 15 is 0 Å². The lowest BCUT2D eigenvalue weighted by atomic mass is 10.2. The van der Waals surface area contributed by atoms with E-state index in [9.17, 15) is 0 Å². The van der Waals surface area contributed by atoms with Crippen molar-refractivity contribution < 1.29 is 0 Å². The number of thiophene rings is 1. The number of hydrogen-bond acceptors (Lipinski definition) is 4. The summed E-state index contributed by atoms with van der Waals surface area (Å²) < 4.78 is 0. The summed E-state index contributed by atoms with van der Waals surface area (Å²) in [7, 11) is 4.14. The normalized spacial score (nSPS) is 10.8. The quantitative estimate of drug-likeness (QED) is 0.651. The van der Waals surface area contributed by atoms with Gasteiger partial charge in [-0.1, -0.05) is 6.07 Å². The summed E-state index contributed by atoms with van der Waals surface area (Å²) in [4.78, 5) is 7.98. The van der Waals surface area contributed by atoms with Crippen LogP contribution >= 0.6 is 23.6 Å². The van der Waals surface area contributed by atoms with E-state index in [0.29, 0.717) is 0 Å². The van der Waals surface area contributed by atoms with Crippen LogP contribution in [0.3, 0.4) is 0 Å². The van der Waals surface area contributed by atoms with Gasteiger partial charge in [-0.25, -0.2) is 0 Å². The summed E-state index contributed by atoms with van der Waals surface area (Å²) in [6, 6.07) is 13.0. The van der Waals surface area contributed by atoms with E-state index in [1.54, 1.807) is 11.3 Å². The first-order valence-corrected chi connectivity index (χ1v) is 10.4. The first-order valence-electron chi connectivity index (χ1n) is 9.12. The van der Waals surface area contributed by atoms with Gasteiger partial charge in [-0.2, -0.15) is 0 Å². The van der Waals surface area contributed by atoms with E-state index in [-0.39, 0.29) is 0 Å². The first kappa shape index (κ1) is 20.7. The molecule has 142 valence electrons. The Kier molecular flexibility index (Phi) is 8.35. The van der Waals surface area contributed by atoms with Gasteiger partial charge in [0, 0.05) is 42.4 Å². The number of hydrogen-bond donors (Lipinski definition) is 1. The third-order valence-corrected chi connectivity index (χ3v) is 5.49. The molecule has 1 heterocycles. The maximum absolute atomic E-state index is 5.70. The van der Waals surface area contributed by atoms with Crippen LogP contribution in [0.25, 0.3) is 0 Å². The van der Waals surface area contributed by atoms with Crippen molar-refractivity contribution >= 4 is 40.0 Å². The molecule has 0 unspecified atom stereocenters. The van der Waals surface area contributed by atoms with Crippen molar-refractivity contribution in [3.05, 3.63) is 46.7 Å². The Morgan fingerprint density at radius 2 is 1.69 bits per heavy atom. The molecule has 0 saturated carbocycles. The van der Waals surface area contributed by atoms with Crippen LogP contribution in [0.5, 0.6) is 0 Å². The minimum atomic E-state index is 0.774. The highest BCUT2D eigenvalue weighted by Gasteiger charge is 2.14. The molecule has 2 aromatic rings. The summed E-state index contributed by atoms with van der Waals surface area (Å²) in [5.74, 6) is 0. The van der Waals surface area contributed by atoms with Gasteiger partial charge in [-0.3, -0.25) is 0 Å². The molecule has 0 radical (unpaired) electrons. The second kappa shape index (κ2) is 10.5. The molecule has 0 amide bonds. The summed E-state index contributed by atoms with van der Waals surface area (Å²) in [5, 5.41) is 6.28. The molecule has 4 nitrogen and oxygen atoms in total. The topological polar surface area (TPSA) is 21.8 Å². The zero-order valence-corrected chi connectivity index (χ0v) is 17.9. The van der Waals surface area contributed by atoms with E-state index in [4.69, 9.17) is 12.2 Å². The Balaban J connectivity index is 2.15. The third-order valence-electron chi connectivity index (χ3n) is 4.26. The fourth-order valence-corrected chi connectivity index (χ4v) is 3.72. The molecule has 6 heteroatoms. The van der Waals surface area contributed by atoms with Crippen LogP contribution in [0.15, 0.2) is 41.8 Å². The number of anilines is 2. The van der Waals surface area contributed by atoms with Gasteiger partial charge in [0.25, 0.3) is 0 Å². The maximum Gasteiger partial charge on any atom is 0.173 e. The highest BCUT2D eigenvalue weighted by atomic mass is 32.1. The zero-order chi connectivity index (χ0) is 18.9. The highest BCUT2D eigenvalue weighted by molar-refractivity contribution is 7.80. The van der Waals surface area contributed by atoms with E-state index in [1.807, 2.05) is 0 Å². The average Bonchev–Trinajstić information content (AvgIpc) is 3.14. The molecule has 0 aliphatic carbocycles. The van der Waals surface area contributed by atoms with Gasteiger partial charge in [-0.05, 0) is 75.9 Å². The van der Waals surface area contributed by atoms with E-state index in [2.05, 4.69) is 89.7 Å². The van der Waals surface area contributed by atoms with Crippen molar-refractivity contribution in [1.82, 2.24) is 10.2 Å². The van der Waals surface area contributed by atoms with E-state index < -0.39 is 0 Å². The molecule has 1 N–H and O–H groups in total. The van der Waals surface area contributed by atoms with Crippen LogP contribution < -0.4 is 15.1 Å². The van der Waals surface area contributed by atoms with Crippen LogP contribution in [0.4, 0.5) is 11.4 Å². The number of rotatable bonds is 9. The summed E-state index contributed by atoms with van der Waals surface area (Å²) in [5.41, 5.74) is 2.37. The third kappa shape index (κ3) is 5.97. The summed E-state index contributed by atoms with van der Waals surface area (Å²) in [6.45, 7) is 8.97. The molecule has 1 aromatic carbocycles. The Bertz CT molecular complexity index is 649. The van der Waals surface area contributed by atoms with Crippen molar-refractivity contribution in [3.63, 3.8) is 0 Å². The molecule has 0 spiro atoms. The average molecular weight is 391 g/mol. The molecule has 0 saturated heterocycles. The first-order chi connectivity index (χ1) is 12.5. The van der Waals surface area contributed by atoms with Crippen molar-refractivity contribution in [1.29, 1.82) is 0 Å². The minimum Gasteiger partial charge on any atom is -0.372 e. The molecular formula is C20H30N4S2. The molecule has 0 aliphatic heterocycles. The van der Waals surface area contributed by atoms with Gasteiger partial charge in [0.05, 0.1) is 6.54 Å². The van der Waals surface area contributed by atoms with Crippen molar-refractivity contribution in [2.75, 3.05) is 50.1 Å². The highest BCUT2D eigenvalue weighted by Crippen LogP contribution is 2.23. The number of nitrogens with one attached hydrogen (secondary N) is 1. The minimum absolute atomic E-state index is 0.774. The number of likely N-dealkylation sites (N-methyl/N-ethyl adjacent to an activating group) is 1. The zero-order valence-electron chi connectivity index (χ0n) is 16.2. The van der Waals surface area contributed by atoms with Crippen molar-refractivity contribution in [3.8, 4) is 0 Å². The van der Waals surface area contributed by atoms with Gasteiger partial charge in [-0.15, -0.1) is 11.3 Å². The second-order valence-electron chi connectivity index (χ2n) is 6.39. The largest absolute Gasteiger partial charge is 0.372 e. The van der Waals surface area contributed by atoms with E-state index in [1.165, 1.54) is 10.6 Å². The Morgan fingerprint density at radius 3 is 2.23 bits per heavy atom. The number of nitrogens with zero attached hydrogens (tertiary/aromatic N) is 3. The lowest BCUT2D eigenvalue weighted by Crippen LogP contribution is -2.41. The molecular weight excluding hydrogens is 360 g/mol. The predicted molar refractivity (Wildman–Crippen MR) is 120 cm³/mol. The lowest BCUT2D eigenvalue weighted by Gasteiger charge is -2.27. The van der Waals surface area contributed by atoms with Crippen LogP contribution in [0.1, 0.15) is 18.7 Å². The van der Waals surface area contributed by atoms with E-state index in [0.717, 1.165) is 43.5 Å². The molecule has 2 rings (SSSR count). The van der Waals surface area contributed by atoms with Gasteiger partial charge < -0.3 is 20.0 Å². The van der Waals surface area contributed by atoms with Crippen LogP contribution in [-0.4, -0.2) is 50.3 Å². The van der Waals surface area contributed by atoms with Crippen molar-refractivity contribution in [2.45, 2.75) is 20.4 Å². The van der Waals surface area contributed by atoms with Gasteiger partial charge in [0.2, 0.25) is 0 Å². The molecule has 0 aliphatic rings. The Morgan fingerprint density at radius 1 is 1.04 bits per heavy atom. The Labute approximate surface area is 167 Å². The molecule has 0 fully saturated rings. The number of benzene rings is 1. The SMILES string of the molecule is CCN(CC)c1ccc(N(Cc2cccs2)C(=S)NCCN(C)C)cc1. The monoisotopic (exact) mass is 390 g/mol. The standard InChI is InChI=1S/C20H30N4S2/c1-5-23(6-2)17-9-11-18(12-10-17)24(16-19-8-7-15-26-19)20(25)21-13-14-22(3)4/h7-12,15H,5-6,13-14,16H2,1-4H3,(H,21,25). The lowest BCUT2D eigenvalue weighted by molar-refractivity contribution is 0.413. The summed E-state index contributed by atoms with van der Waals surface area (Å²) >= 11 is 7.46. The van der Waals surface area contributed by atoms with Crippen LogP contribution in [0.2, 0.25) is 0 Å². The number of thiocarbonyl (C=S) groups is 1. The second-order valence-corrected chi connectivity index (χ2v) is 7.81. The van der Waals surface area contributed by atoms with Crippen LogP contribution in [-0.2, 0) is 6.54 Å². The molecule has 0 bridgehead atoms. The van der Waals surface area contributed by atoms with Gasteiger partial charge >= 0.3 is 0 Å². The molecule has 26 heavy (non-hydrogen) atoms. The predicted octanol–water partition coefficient (Wildman–Crippen LogP) is 4.04. The van der Waals surface area contributed by atoms with Gasteiger partial charge in [0.1, 0.15) is 0 Å². The fourth-order valence-electron chi connectivity index (χ4n) is 2.75. The van der Waals surface area contributed by atoms with Gasteiger partial charge in [0.15, 0.2) is 5.11 Å². The summed E-state index contributed by atoms with van der Waals surface area (Å²) in [6.07, 6.45) is 0. The van der Waals surface area contributed by atoms with Crippen LogP contribution in [0, 0.1) is 0 Å².